The van der Waals surface area contributed by atoms with Crippen molar-refractivity contribution >= 4 is 0 Å². The smallest absolute Gasteiger partial charge is 0.390 e. The Morgan fingerprint density at radius 2 is 1.52 bits per heavy atom. The highest BCUT2D eigenvalue weighted by molar-refractivity contribution is 5.63. The van der Waals surface area contributed by atoms with Gasteiger partial charge < -0.3 is 10.0 Å². The Balaban J connectivity index is 1.51. The lowest BCUT2D eigenvalue weighted by Gasteiger charge is -2.57. The van der Waals surface area contributed by atoms with Gasteiger partial charge in [-0.2, -0.15) is 13.2 Å². The van der Waals surface area contributed by atoms with Gasteiger partial charge in [-0.15, -0.1) is 0 Å². The summed E-state index contributed by atoms with van der Waals surface area (Å²) in [5, 5.41) is 10.0. The van der Waals surface area contributed by atoms with Gasteiger partial charge in [-0.1, -0.05) is 36.4 Å². The minimum absolute atomic E-state index is 0.00997. The molecule has 2 heterocycles. The summed E-state index contributed by atoms with van der Waals surface area (Å²) in [6.07, 6.45) is -3.15. The summed E-state index contributed by atoms with van der Waals surface area (Å²) < 4.78 is 51.4. The maximum absolute atomic E-state index is 13.2. The summed E-state index contributed by atoms with van der Waals surface area (Å²) >= 11 is 0. The molecule has 2 fully saturated rings. The third-order valence-electron chi connectivity index (χ3n) is 6.64. The molecule has 2 aliphatic rings. The highest BCUT2D eigenvalue weighted by Crippen LogP contribution is 2.42. The minimum atomic E-state index is -4.15. The van der Waals surface area contributed by atoms with Gasteiger partial charge >= 0.3 is 6.18 Å². The summed E-state index contributed by atoms with van der Waals surface area (Å²) in [7, 11) is 0. The van der Waals surface area contributed by atoms with E-state index in [9.17, 15) is 22.7 Å². The van der Waals surface area contributed by atoms with Gasteiger partial charge in [0.15, 0.2) is 0 Å². The lowest BCUT2D eigenvalue weighted by Crippen LogP contribution is -2.67. The Morgan fingerprint density at radius 3 is 2.13 bits per heavy atom. The molecule has 2 aromatic rings. The van der Waals surface area contributed by atoms with Crippen LogP contribution < -0.4 is 0 Å². The third kappa shape index (κ3) is 5.10. The van der Waals surface area contributed by atoms with Crippen LogP contribution >= 0.6 is 0 Å². The number of aliphatic hydroxyl groups is 1. The molecule has 0 radical (unpaired) electrons. The van der Waals surface area contributed by atoms with E-state index in [1.54, 1.807) is 12.1 Å². The largest absolute Gasteiger partial charge is 0.395 e. The van der Waals surface area contributed by atoms with Crippen molar-refractivity contribution in [3.05, 3.63) is 59.9 Å². The van der Waals surface area contributed by atoms with Crippen LogP contribution in [0.15, 0.2) is 48.5 Å². The van der Waals surface area contributed by atoms with E-state index in [1.165, 1.54) is 12.1 Å². The van der Waals surface area contributed by atoms with E-state index < -0.39 is 12.6 Å². The van der Waals surface area contributed by atoms with E-state index in [4.69, 9.17) is 0 Å². The van der Waals surface area contributed by atoms with Gasteiger partial charge in [0.25, 0.3) is 0 Å². The summed E-state index contributed by atoms with van der Waals surface area (Å²) in [5.41, 5.74) is 2.98. The fraction of sp³-hybridized carbons (Fsp3) is 0.500. The molecule has 2 saturated heterocycles. The molecule has 0 unspecified atom stereocenters. The van der Waals surface area contributed by atoms with E-state index in [0.29, 0.717) is 13.1 Å². The molecule has 0 saturated carbocycles. The van der Waals surface area contributed by atoms with Crippen molar-refractivity contribution in [3.63, 3.8) is 0 Å². The first kappa shape index (κ1) is 22.2. The lowest BCUT2D eigenvalue weighted by molar-refractivity contribution is -0.140. The van der Waals surface area contributed by atoms with Crippen LogP contribution in [0.1, 0.15) is 30.7 Å². The molecule has 0 aromatic heterocycles. The van der Waals surface area contributed by atoms with Gasteiger partial charge in [0.1, 0.15) is 5.82 Å². The molecule has 7 heteroatoms. The van der Waals surface area contributed by atoms with E-state index in [1.807, 2.05) is 29.2 Å². The molecule has 168 valence electrons. The summed E-state index contributed by atoms with van der Waals surface area (Å²) in [6, 6.07) is 14.5. The number of fused-ring (bicyclic) bond motifs is 1. The van der Waals surface area contributed by atoms with Crippen molar-refractivity contribution in [1.29, 1.82) is 0 Å². The fourth-order valence-electron chi connectivity index (χ4n) is 5.04. The van der Waals surface area contributed by atoms with Crippen LogP contribution in [0, 0.1) is 5.82 Å². The molecule has 3 nitrogen and oxygen atoms in total. The third-order valence-corrected chi connectivity index (χ3v) is 6.64. The van der Waals surface area contributed by atoms with Crippen LogP contribution in [0.5, 0.6) is 0 Å². The topological polar surface area (TPSA) is 26.7 Å². The van der Waals surface area contributed by atoms with Crippen molar-refractivity contribution in [3.8, 4) is 11.1 Å². The number of alkyl halides is 3. The van der Waals surface area contributed by atoms with Gasteiger partial charge in [0.2, 0.25) is 0 Å². The first-order chi connectivity index (χ1) is 14.9. The van der Waals surface area contributed by atoms with E-state index in [0.717, 1.165) is 36.1 Å². The van der Waals surface area contributed by atoms with E-state index >= 15 is 0 Å². The molecular formula is C24H28F4N2O. The van der Waals surface area contributed by atoms with Crippen molar-refractivity contribution < 1.29 is 22.7 Å². The van der Waals surface area contributed by atoms with Crippen molar-refractivity contribution in [2.75, 3.05) is 32.8 Å². The molecule has 0 aliphatic carbocycles. The monoisotopic (exact) mass is 436 g/mol. The van der Waals surface area contributed by atoms with Crippen LogP contribution in [0.3, 0.4) is 0 Å². The quantitative estimate of drug-likeness (QED) is 0.690. The molecular weight excluding hydrogens is 408 g/mol. The van der Waals surface area contributed by atoms with Crippen LogP contribution in [0.2, 0.25) is 0 Å². The average Bonchev–Trinajstić information content (AvgIpc) is 2.72. The molecule has 31 heavy (non-hydrogen) atoms. The second-order valence-electron chi connectivity index (χ2n) is 8.58. The van der Waals surface area contributed by atoms with Crippen LogP contribution in [0.25, 0.3) is 11.1 Å². The van der Waals surface area contributed by atoms with Gasteiger partial charge in [-0.3, -0.25) is 4.90 Å². The lowest BCUT2D eigenvalue weighted by atomic mass is 9.74. The Hall–Kier alpha value is -1.96. The molecule has 0 spiro atoms. The van der Waals surface area contributed by atoms with Crippen molar-refractivity contribution in [2.45, 2.75) is 43.4 Å². The fourth-order valence-corrected chi connectivity index (χ4v) is 5.04. The molecule has 2 aromatic carbocycles. The summed E-state index contributed by atoms with van der Waals surface area (Å²) in [5.74, 6) is -0.196. The van der Waals surface area contributed by atoms with Crippen LogP contribution in [-0.2, 0) is 0 Å². The number of benzene rings is 2. The zero-order valence-corrected chi connectivity index (χ0v) is 17.4. The number of aliphatic hydroxyl groups excluding tert-OH is 1. The normalized spacial score (nSPS) is 25.4. The Morgan fingerprint density at radius 1 is 0.903 bits per heavy atom. The first-order valence-electron chi connectivity index (χ1n) is 10.9. The predicted molar refractivity (Wildman–Crippen MR) is 112 cm³/mol. The van der Waals surface area contributed by atoms with Crippen LogP contribution in [0.4, 0.5) is 17.6 Å². The zero-order valence-electron chi connectivity index (χ0n) is 17.4. The molecule has 1 N–H and O–H groups in total. The molecule has 0 bridgehead atoms. The second-order valence-corrected chi connectivity index (χ2v) is 8.58. The SMILES string of the molecule is OC[C@H]1[C@H](c2ccc(-c3ccc(F)cc3)cc2)[C@H]2CN(CCC(F)(F)F)CCCCN21. The van der Waals surface area contributed by atoms with Gasteiger partial charge in [-0.25, -0.2) is 4.39 Å². The van der Waals surface area contributed by atoms with Crippen LogP contribution in [-0.4, -0.2) is 66.0 Å². The van der Waals surface area contributed by atoms with Crippen molar-refractivity contribution in [2.24, 2.45) is 0 Å². The second kappa shape index (κ2) is 9.27. The standard InChI is InChI=1S/C24H28F4N2O/c25-20-9-7-18(8-10-20)17-3-5-19(6-4-17)23-21-15-29(14-11-24(26,27)28)12-1-2-13-30(21)22(23)16-31/h3-10,21-23,31H,1-2,11-16H2/t21-,22+,23-/m1/s1. The van der Waals surface area contributed by atoms with Gasteiger partial charge in [0.05, 0.1) is 13.0 Å². The molecule has 3 atom stereocenters. The van der Waals surface area contributed by atoms with E-state index in [-0.39, 0.29) is 37.0 Å². The minimum Gasteiger partial charge on any atom is -0.395 e. The average molecular weight is 436 g/mol. The Kier molecular flexibility index (Phi) is 6.65. The first-order valence-corrected chi connectivity index (χ1v) is 10.9. The maximum Gasteiger partial charge on any atom is 0.390 e. The number of halogens is 4. The molecule has 0 amide bonds. The number of nitrogens with zero attached hydrogens (tertiary/aromatic N) is 2. The summed E-state index contributed by atoms with van der Waals surface area (Å²) in [6.45, 7) is 2.18. The maximum atomic E-state index is 13.2. The van der Waals surface area contributed by atoms with Crippen molar-refractivity contribution in [1.82, 2.24) is 9.80 Å². The highest BCUT2D eigenvalue weighted by Gasteiger charge is 2.49. The Bertz CT molecular complexity index is 853. The highest BCUT2D eigenvalue weighted by atomic mass is 19.4. The summed E-state index contributed by atoms with van der Waals surface area (Å²) in [4.78, 5) is 4.19. The zero-order chi connectivity index (χ0) is 22.0. The van der Waals surface area contributed by atoms with Gasteiger partial charge in [-0.05, 0) is 54.8 Å². The number of hydrogen-bond acceptors (Lipinski definition) is 3. The number of hydrogen-bond donors (Lipinski definition) is 1. The van der Waals surface area contributed by atoms with E-state index in [2.05, 4.69) is 4.90 Å². The molecule has 2 aliphatic heterocycles. The molecule has 4 rings (SSSR count). The van der Waals surface area contributed by atoms with Gasteiger partial charge in [0, 0.05) is 31.1 Å². The Labute approximate surface area is 180 Å². The number of rotatable bonds is 5. The predicted octanol–water partition coefficient (Wildman–Crippen LogP) is 4.67.